The van der Waals surface area contributed by atoms with Crippen LogP contribution >= 0.6 is 27.5 Å². The highest BCUT2D eigenvalue weighted by molar-refractivity contribution is 9.10. The van der Waals surface area contributed by atoms with Crippen LogP contribution in [0.4, 0.5) is 0 Å². The third-order valence-corrected chi connectivity index (χ3v) is 5.24. The Hall–Kier alpha value is -1.17. The first kappa shape index (κ1) is 14.8. The topological polar surface area (TPSA) is 34.9 Å². The van der Waals surface area contributed by atoms with E-state index in [1.165, 1.54) is 0 Å². The van der Waals surface area contributed by atoms with Crippen LogP contribution in [0.15, 0.2) is 52.1 Å². The third-order valence-electron chi connectivity index (χ3n) is 3.21. The van der Waals surface area contributed by atoms with Crippen LogP contribution in [-0.2, 0) is 16.9 Å². The lowest BCUT2D eigenvalue weighted by Crippen LogP contribution is -2.04. The molecular weight excluding hydrogens is 372 g/mol. The fraction of sp³-hybridized carbons (Fsp3) is 0.133. The van der Waals surface area contributed by atoms with Crippen molar-refractivity contribution in [3.05, 3.63) is 58.3 Å². The predicted molar refractivity (Wildman–Crippen MR) is 90.0 cm³/mol. The lowest BCUT2D eigenvalue weighted by atomic mass is 10.2. The Balaban J connectivity index is 2.16. The van der Waals surface area contributed by atoms with Crippen LogP contribution in [0.5, 0.6) is 0 Å². The first-order chi connectivity index (χ1) is 10.1. The second-order valence-corrected chi connectivity index (χ2v) is 7.25. The van der Waals surface area contributed by atoms with Crippen molar-refractivity contribution in [3.63, 3.8) is 0 Å². The smallest absolute Gasteiger partial charge is 0.158 e. The minimum Gasteiger partial charge on any atom is -0.246 e. The Kier molecular flexibility index (Phi) is 4.15. The van der Waals surface area contributed by atoms with E-state index in [1.807, 2.05) is 43.5 Å². The Morgan fingerprint density at radius 1 is 1.33 bits per heavy atom. The predicted octanol–water partition coefficient (Wildman–Crippen LogP) is 4.42. The molecule has 0 aliphatic heterocycles. The average molecular weight is 384 g/mol. The van der Waals surface area contributed by atoms with E-state index in [-0.39, 0.29) is 0 Å². The summed E-state index contributed by atoms with van der Waals surface area (Å²) in [6.45, 7) is 2.00. The summed E-state index contributed by atoms with van der Waals surface area (Å²) in [4.78, 5) is 5.12. The molecule has 0 N–H and O–H groups in total. The van der Waals surface area contributed by atoms with Gasteiger partial charge in [-0.1, -0.05) is 17.7 Å². The van der Waals surface area contributed by atoms with Crippen molar-refractivity contribution in [2.24, 2.45) is 0 Å². The standard InChI is InChI=1S/C15H12BrClN2OS/c1-10-2-4-13(5-3-10)21(20)19-9-11(7-17)14-6-12(16)8-18-15(14)19/h2-6,8-9H,7H2,1H3. The number of fused-ring (bicyclic) bond motifs is 1. The molecule has 0 fully saturated rings. The first-order valence-electron chi connectivity index (χ1n) is 6.30. The molecule has 3 aromatic rings. The number of pyridine rings is 1. The summed E-state index contributed by atoms with van der Waals surface area (Å²) in [6.07, 6.45) is 3.51. The molecule has 0 aliphatic rings. The summed E-state index contributed by atoms with van der Waals surface area (Å²) < 4.78 is 15.3. The SMILES string of the molecule is Cc1ccc(S(=O)n2cc(CCl)c3cc(Br)cnc32)cc1. The van der Waals surface area contributed by atoms with Gasteiger partial charge in [-0.3, -0.25) is 0 Å². The fourth-order valence-electron chi connectivity index (χ4n) is 2.12. The molecule has 108 valence electrons. The van der Waals surface area contributed by atoms with E-state index in [1.54, 1.807) is 10.2 Å². The Morgan fingerprint density at radius 3 is 2.71 bits per heavy atom. The zero-order valence-corrected chi connectivity index (χ0v) is 14.4. The highest BCUT2D eigenvalue weighted by Crippen LogP contribution is 2.26. The number of alkyl halides is 1. The molecular formula is C15H12BrClN2OS. The Morgan fingerprint density at radius 2 is 2.05 bits per heavy atom. The van der Waals surface area contributed by atoms with Crippen LogP contribution in [0.1, 0.15) is 11.1 Å². The molecule has 1 unspecified atom stereocenters. The van der Waals surface area contributed by atoms with Gasteiger partial charge in [0.25, 0.3) is 0 Å². The molecule has 2 heterocycles. The molecule has 21 heavy (non-hydrogen) atoms. The van der Waals surface area contributed by atoms with Gasteiger partial charge < -0.3 is 0 Å². The number of halogens is 2. The molecule has 3 rings (SSSR count). The second-order valence-electron chi connectivity index (χ2n) is 4.70. The molecule has 0 amide bonds. The number of aromatic nitrogens is 2. The Bertz CT molecular complexity index is 830. The van der Waals surface area contributed by atoms with Crippen molar-refractivity contribution in [1.29, 1.82) is 0 Å². The maximum absolute atomic E-state index is 12.8. The molecule has 0 bridgehead atoms. The molecule has 0 spiro atoms. The normalized spacial score (nSPS) is 12.7. The van der Waals surface area contributed by atoms with Gasteiger partial charge in [0, 0.05) is 28.1 Å². The highest BCUT2D eigenvalue weighted by atomic mass is 79.9. The van der Waals surface area contributed by atoms with Gasteiger partial charge in [0.15, 0.2) is 16.6 Å². The van der Waals surface area contributed by atoms with Crippen LogP contribution in [0, 0.1) is 6.92 Å². The third kappa shape index (κ3) is 2.78. The summed E-state index contributed by atoms with van der Waals surface area (Å²) in [5, 5.41) is 0.917. The minimum atomic E-state index is -1.34. The number of hydrogen-bond donors (Lipinski definition) is 0. The molecule has 3 nitrogen and oxygen atoms in total. The second kappa shape index (κ2) is 5.91. The van der Waals surface area contributed by atoms with Crippen LogP contribution in [0.3, 0.4) is 0 Å². The molecule has 6 heteroatoms. The number of rotatable bonds is 3. The maximum atomic E-state index is 12.8. The largest absolute Gasteiger partial charge is 0.246 e. The summed E-state index contributed by atoms with van der Waals surface area (Å²) in [5.41, 5.74) is 2.73. The van der Waals surface area contributed by atoms with Gasteiger partial charge in [-0.05, 0) is 46.6 Å². The zero-order chi connectivity index (χ0) is 15.0. The number of nitrogens with zero attached hydrogens (tertiary/aromatic N) is 2. The molecule has 0 saturated carbocycles. The van der Waals surface area contributed by atoms with Crippen molar-refractivity contribution in [1.82, 2.24) is 8.96 Å². The van der Waals surface area contributed by atoms with E-state index < -0.39 is 11.0 Å². The van der Waals surface area contributed by atoms with Gasteiger partial charge in [-0.15, -0.1) is 11.6 Å². The van der Waals surface area contributed by atoms with Crippen LogP contribution in [0.25, 0.3) is 11.0 Å². The monoisotopic (exact) mass is 382 g/mol. The van der Waals surface area contributed by atoms with Crippen molar-refractivity contribution in [2.45, 2.75) is 17.7 Å². The van der Waals surface area contributed by atoms with Crippen molar-refractivity contribution >= 4 is 49.5 Å². The molecule has 2 aromatic heterocycles. The van der Waals surface area contributed by atoms with Gasteiger partial charge >= 0.3 is 0 Å². The van der Waals surface area contributed by atoms with Gasteiger partial charge in [0.2, 0.25) is 0 Å². The Labute approximate surface area is 138 Å². The van der Waals surface area contributed by atoms with E-state index >= 15 is 0 Å². The summed E-state index contributed by atoms with van der Waals surface area (Å²) in [7, 11) is -1.34. The summed E-state index contributed by atoms with van der Waals surface area (Å²) in [6, 6.07) is 9.59. The van der Waals surface area contributed by atoms with Crippen LogP contribution in [-0.4, -0.2) is 13.2 Å². The molecule has 1 aromatic carbocycles. The number of benzene rings is 1. The lowest BCUT2D eigenvalue weighted by molar-refractivity contribution is 0.678. The van der Waals surface area contributed by atoms with Crippen molar-refractivity contribution in [3.8, 4) is 0 Å². The summed E-state index contributed by atoms with van der Waals surface area (Å²) in [5.74, 6) is 0.354. The maximum Gasteiger partial charge on any atom is 0.158 e. The highest BCUT2D eigenvalue weighted by Gasteiger charge is 2.15. The van der Waals surface area contributed by atoms with Crippen molar-refractivity contribution in [2.75, 3.05) is 0 Å². The molecule has 1 atom stereocenters. The van der Waals surface area contributed by atoms with Crippen molar-refractivity contribution < 1.29 is 4.21 Å². The van der Waals surface area contributed by atoms with E-state index in [2.05, 4.69) is 20.9 Å². The zero-order valence-electron chi connectivity index (χ0n) is 11.2. The first-order valence-corrected chi connectivity index (χ1v) is 8.74. The quantitative estimate of drug-likeness (QED) is 0.628. The van der Waals surface area contributed by atoms with E-state index in [0.29, 0.717) is 11.5 Å². The van der Waals surface area contributed by atoms with Gasteiger partial charge in [0.05, 0.1) is 4.90 Å². The minimum absolute atomic E-state index is 0.354. The van der Waals surface area contributed by atoms with E-state index in [4.69, 9.17) is 11.6 Å². The number of aryl methyl sites for hydroxylation is 1. The molecule has 0 radical (unpaired) electrons. The van der Waals surface area contributed by atoms with E-state index in [9.17, 15) is 4.21 Å². The fourth-order valence-corrected chi connectivity index (χ4v) is 3.78. The molecule has 0 aliphatic carbocycles. The van der Waals surface area contributed by atoms with Gasteiger partial charge in [-0.25, -0.2) is 13.2 Å². The summed E-state index contributed by atoms with van der Waals surface area (Å²) >= 11 is 9.39. The van der Waals surface area contributed by atoms with E-state index in [0.717, 1.165) is 25.9 Å². The van der Waals surface area contributed by atoms with Crippen LogP contribution in [0.2, 0.25) is 0 Å². The van der Waals surface area contributed by atoms with Gasteiger partial charge in [-0.2, -0.15) is 0 Å². The molecule has 0 saturated heterocycles. The lowest BCUT2D eigenvalue weighted by Gasteiger charge is -2.05. The number of hydrogen-bond acceptors (Lipinski definition) is 2. The average Bonchev–Trinajstić information content (AvgIpc) is 2.85. The van der Waals surface area contributed by atoms with Crippen LogP contribution < -0.4 is 0 Å². The van der Waals surface area contributed by atoms with Gasteiger partial charge in [0.1, 0.15) is 0 Å².